The number of hydrogen-bond donors (Lipinski definition) is 5. The van der Waals surface area contributed by atoms with E-state index in [4.69, 9.17) is 47.2 Å². The normalized spacial score (nSPS) is 10.1. The van der Waals surface area contributed by atoms with Crippen LogP contribution in [0.15, 0.2) is 136 Å². The van der Waals surface area contributed by atoms with E-state index < -0.39 is 23.1 Å². The van der Waals surface area contributed by atoms with Crippen molar-refractivity contribution < 1.29 is 96.1 Å². The molecule has 0 saturated heterocycles. The zero-order valence-corrected chi connectivity index (χ0v) is 50.6. The summed E-state index contributed by atoms with van der Waals surface area (Å²) in [6.07, 6.45) is 6.03. The average Bonchev–Trinajstić information content (AvgIpc) is 3.45. The van der Waals surface area contributed by atoms with Gasteiger partial charge in [-0.1, -0.05) is 48.5 Å². The van der Waals surface area contributed by atoms with Crippen LogP contribution in [0.1, 0.15) is 69.6 Å². The Hall–Kier alpha value is -5.51. The van der Waals surface area contributed by atoms with Gasteiger partial charge in [0.2, 0.25) is 6.29 Å². The number of carboxylic acids is 1. The summed E-state index contributed by atoms with van der Waals surface area (Å²) in [7, 11) is 0. The standard InChI is InChI=1S/C20H27N3O4S.C16H19N3O4S.C8H12N2O2S.C6H10O3.3CO.Re/c1-20(2,3)25-19(24)15-23(14-17-6-4-5-12-22-17)13-11-16-7-9-18(10-8-16)28-27-26-21;17-22-23-24-15-6-4-13(5-7-15)8-10-19(12-16(20)21)11-14-3-1-2-9-18-14;9-6-5-7-1-3-8(4-2-7)13-12-11-10;1-6(2,3)9-5(8)4-7;3*1-2;/h4-10,12H,11,13-15,21H2,1-3H3;1-7,9H,8,10-12,17H2,(H,20,21);1-4H,5-6,9-10H2;4H,1-3H3;;;;. The Morgan fingerprint density at radius 3 is 1.19 bits per heavy atom. The third-order valence-electron chi connectivity index (χ3n) is 9.00. The number of carbonyl (C=O) groups excluding carboxylic acids is 3. The van der Waals surface area contributed by atoms with Crippen LogP contribution in [0.25, 0.3) is 0 Å². The average molecular weight is 1360 g/mol. The summed E-state index contributed by atoms with van der Waals surface area (Å²) >= 11 is 3.13. The van der Waals surface area contributed by atoms with Gasteiger partial charge in [-0.25, -0.2) is 4.79 Å². The fraction of sp³-hybridized carbons (Fsp3) is 0.340. The number of nitrogens with zero attached hydrogens (tertiary/aromatic N) is 4. The number of ether oxygens (including phenoxy) is 2. The number of rotatable bonds is 26. The van der Waals surface area contributed by atoms with Gasteiger partial charge < -0.3 is 20.3 Å². The Balaban J connectivity index is -0.00000103. The second-order valence-electron chi connectivity index (χ2n) is 17.4. The molecule has 0 unspecified atom stereocenters. The van der Waals surface area contributed by atoms with Crippen molar-refractivity contribution in [2.24, 2.45) is 23.4 Å². The topological polar surface area (TPSA) is 358 Å². The first-order valence-electron chi connectivity index (χ1n) is 23.4. The summed E-state index contributed by atoms with van der Waals surface area (Å²) in [5.74, 6) is 12.4. The molecule has 9 N–H and O–H groups in total. The molecule has 0 amide bonds. The van der Waals surface area contributed by atoms with Crippen molar-refractivity contribution in [2.75, 3.05) is 32.7 Å². The first-order chi connectivity index (χ1) is 38.3. The number of carbonyl (C=O) groups is 4. The molecule has 0 saturated carbocycles. The quantitative estimate of drug-likeness (QED) is 0.00557. The predicted octanol–water partition coefficient (Wildman–Crippen LogP) is 6.77. The number of aromatic nitrogens is 2. The minimum Gasteiger partial charge on any atom is 0 e. The number of esters is 2. The van der Waals surface area contributed by atoms with Crippen molar-refractivity contribution in [2.45, 2.75) is 99.8 Å². The number of hydrogen-bond acceptors (Lipinski definition) is 23. The van der Waals surface area contributed by atoms with Crippen LogP contribution >= 0.6 is 36.1 Å². The molecule has 441 valence electrons. The Labute approximate surface area is 499 Å². The Bertz CT molecular complexity index is 2450. The zero-order valence-electron chi connectivity index (χ0n) is 45.5. The van der Waals surface area contributed by atoms with Crippen LogP contribution in [0.5, 0.6) is 0 Å². The fourth-order valence-electron chi connectivity index (χ4n) is 6.00. The van der Waals surface area contributed by atoms with Crippen LogP contribution in [0, 0.1) is 20.0 Å². The molecule has 1 radical (unpaired) electrons. The summed E-state index contributed by atoms with van der Waals surface area (Å²) in [6.45, 7) is 27.5. The molecule has 5 rings (SSSR count). The fourth-order valence-corrected chi connectivity index (χ4v) is 7.09. The summed E-state index contributed by atoms with van der Waals surface area (Å²) in [6, 6.07) is 34.8. The van der Waals surface area contributed by atoms with Crippen LogP contribution < -0.4 is 23.4 Å². The number of aliphatic carboxylic acids is 1. The molecular weight excluding hydrogens is 1290 g/mol. The molecule has 24 nitrogen and oxygen atoms in total. The Morgan fingerprint density at radius 1 is 0.568 bits per heavy atom. The number of pyridine rings is 2. The molecule has 2 aromatic heterocycles. The zero-order chi connectivity index (χ0) is 60.6. The predicted molar refractivity (Wildman–Crippen MR) is 292 cm³/mol. The third kappa shape index (κ3) is 44.8. The summed E-state index contributed by atoms with van der Waals surface area (Å²) in [4.78, 5) is 70.6. The molecule has 3 aromatic carbocycles. The number of benzene rings is 3. The molecule has 28 heteroatoms. The number of aldehydes is 1. The molecule has 2 heterocycles. The van der Waals surface area contributed by atoms with Gasteiger partial charge in [0, 0.05) is 73.7 Å². The van der Waals surface area contributed by atoms with E-state index in [2.05, 4.69) is 62.6 Å². The van der Waals surface area contributed by atoms with Crippen molar-refractivity contribution in [1.29, 1.82) is 0 Å². The van der Waals surface area contributed by atoms with Gasteiger partial charge in [-0.05, 0) is 145 Å². The van der Waals surface area contributed by atoms with Crippen LogP contribution in [0.3, 0.4) is 0 Å². The van der Waals surface area contributed by atoms with Gasteiger partial charge in [-0.15, -0.1) is 28.0 Å². The van der Waals surface area contributed by atoms with Crippen LogP contribution in [-0.4, -0.2) is 93.0 Å². The Kier molecular flexibility index (Phi) is 49.4. The molecule has 0 bridgehead atoms. The molecule has 0 fully saturated rings. The molecule has 5 aromatic rings. The summed E-state index contributed by atoms with van der Waals surface area (Å²) in [5.41, 5.74) is 9.57. The smallest absolute Gasteiger partial charge is 0 e. The SMILES string of the molecule is CC(C)(C)OC(=O)C=O.CC(C)(C)OC(=O)CN(CCc1ccc(SOON)cc1)Cc1ccccn1.NCCc1ccc(SOON)cc1.NOOSc1ccc(CCN(CC(=O)O)Cc2ccccn2)cc1.[C-]#[O+].[C-]#[O+].[C-]#[O+].[Re]. The molecule has 81 heavy (non-hydrogen) atoms. The molecule has 0 aliphatic rings. The second-order valence-corrected chi connectivity index (χ2v) is 19.7. The number of carboxylic acid groups (broad SMARTS) is 1. The van der Waals surface area contributed by atoms with Gasteiger partial charge in [-0.3, -0.25) is 34.2 Å². The minimum absolute atomic E-state index is 0. The van der Waals surface area contributed by atoms with Crippen molar-refractivity contribution in [3.63, 3.8) is 0 Å². The van der Waals surface area contributed by atoms with Gasteiger partial charge in [0.15, 0.2) is 0 Å². The van der Waals surface area contributed by atoms with E-state index in [0.717, 1.165) is 92.6 Å². The molecular formula is C53H68N8O16ReS3. The van der Waals surface area contributed by atoms with Gasteiger partial charge >= 0.3 is 51.8 Å². The Morgan fingerprint density at radius 2 is 0.914 bits per heavy atom. The third-order valence-corrected chi connectivity index (χ3v) is 10.8. The van der Waals surface area contributed by atoms with E-state index in [-0.39, 0.29) is 45.8 Å². The summed E-state index contributed by atoms with van der Waals surface area (Å²) < 4.78 is 46.3. The van der Waals surface area contributed by atoms with Gasteiger partial charge in [-0.2, -0.15) is 17.7 Å². The van der Waals surface area contributed by atoms with E-state index in [1.807, 2.05) is 140 Å². The van der Waals surface area contributed by atoms with E-state index in [1.54, 1.807) is 33.2 Å². The molecule has 0 spiro atoms. The van der Waals surface area contributed by atoms with Gasteiger partial charge in [0.25, 0.3) is 0 Å². The maximum atomic E-state index is 12.3. The van der Waals surface area contributed by atoms with Crippen LogP contribution in [-0.2, 0) is 123 Å². The molecule has 0 atom stereocenters. The monoisotopic (exact) mass is 1360 g/mol. The maximum absolute atomic E-state index is 12.3. The molecule has 0 aliphatic heterocycles. The minimum atomic E-state index is -0.850. The van der Waals surface area contributed by atoms with Crippen LogP contribution in [0.4, 0.5) is 0 Å². The van der Waals surface area contributed by atoms with E-state index in [9.17, 15) is 19.2 Å². The second kappa shape index (κ2) is 50.2. The first kappa shape index (κ1) is 79.7. The maximum Gasteiger partial charge on any atom is 0 e. The van der Waals surface area contributed by atoms with E-state index in [1.165, 1.54) is 5.56 Å². The van der Waals surface area contributed by atoms with Crippen molar-refractivity contribution >= 4 is 60.3 Å². The molecule has 0 aliphatic carbocycles. The van der Waals surface area contributed by atoms with Gasteiger partial charge in [0.05, 0.1) is 60.6 Å². The van der Waals surface area contributed by atoms with Gasteiger partial charge in [0.1, 0.15) is 11.2 Å². The van der Waals surface area contributed by atoms with Crippen molar-refractivity contribution in [1.82, 2.24) is 19.8 Å². The van der Waals surface area contributed by atoms with Crippen molar-refractivity contribution in [3.05, 3.63) is 170 Å². The van der Waals surface area contributed by atoms with E-state index in [0.29, 0.717) is 32.7 Å². The first-order valence-corrected chi connectivity index (χ1v) is 25.6. The van der Waals surface area contributed by atoms with E-state index >= 15 is 0 Å². The number of nitrogens with two attached hydrogens (primary N) is 4. The van der Waals surface area contributed by atoms with Crippen molar-refractivity contribution in [3.8, 4) is 0 Å². The largest absolute Gasteiger partial charge is 0 e. The summed E-state index contributed by atoms with van der Waals surface area (Å²) in [5, 5.41) is 9.08. The van der Waals surface area contributed by atoms with Crippen LogP contribution in [0.2, 0.25) is 0 Å².